The lowest BCUT2D eigenvalue weighted by Gasteiger charge is -2.09. The minimum absolute atomic E-state index is 0.276. The van der Waals surface area contributed by atoms with E-state index in [9.17, 15) is 4.79 Å². The third kappa shape index (κ3) is 2.68. The topological polar surface area (TPSA) is 59.0 Å². The number of rotatable bonds is 2. The normalized spacial score (nSPS) is 10.2. The minimum Gasteiger partial charge on any atom is -0.308 e. The molecule has 94 valence electrons. The smallest absolute Gasteiger partial charge is 0.308 e. The fourth-order valence-corrected chi connectivity index (χ4v) is 1.59. The van der Waals surface area contributed by atoms with E-state index >= 15 is 0 Å². The largest absolute Gasteiger partial charge is 0.324 e. The summed E-state index contributed by atoms with van der Waals surface area (Å²) in [5.41, 5.74) is 3.12. The van der Waals surface area contributed by atoms with Gasteiger partial charge in [0, 0.05) is 18.8 Å². The molecule has 0 atom stereocenters. The summed E-state index contributed by atoms with van der Waals surface area (Å²) in [7, 11) is 1.77. The van der Waals surface area contributed by atoms with E-state index < -0.39 is 0 Å². The van der Waals surface area contributed by atoms with Gasteiger partial charge >= 0.3 is 6.03 Å². The Morgan fingerprint density at radius 2 is 1.94 bits per heavy atom. The Morgan fingerprint density at radius 1 is 1.17 bits per heavy atom. The quantitative estimate of drug-likeness (QED) is 0.853. The zero-order valence-electron chi connectivity index (χ0n) is 10.7. The molecule has 5 nitrogen and oxygen atoms in total. The maximum atomic E-state index is 11.8. The fourth-order valence-electron chi connectivity index (χ4n) is 1.59. The SMILES string of the molecule is Cc1ccc(NC(=O)Nc2ccnn2C)cc1C. The molecule has 2 N–H and O–H groups in total. The number of hydrogen-bond acceptors (Lipinski definition) is 2. The zero-order valence-corrected chi connectivity index (χ0v) is 10.7. The molecule has 1 heterocycles. The molecule has 0 aliphatic rings. The van der Waals surface area contributed by atoms with Gasteiger partial charge in [0.1, 0.15) is 5.82 Å². The number of benzene rings is 1. The summed E-state index contributed by atoms with van der Waals surface area (Å²) in [6, 6.07) is 7.26. The monoisotopic (exact) mass is 244 g/mol. The van der Waals surface area contributed by atoms with Gasteiger partial charge in [-0.15, -0.1) is 0 Å². The van der Waals surface area contributed by atoms with Crippen LogP contribution in [0.5, 0.6) is 0 Å². The van der Waals surface area contributed by atoms with Gasteiger partial charge in [-0.1, -0.05) is 6.07 Å². The molecular formula is C13H16N4O. The maximum Gasteiger partial charge on any atom is 0.324 e. The highest BCUT2D eigenvalue weighted by Gasteiger charge is 2.05. The van der Waals surface area contributed by atoms with Crippen molar-refractivity contribution in [1.82, 2.24) is 9.78 Å². The Morgan fingerprint density at radius 3 is 2.56 bits per heavy atom. The van der Waals surface area contributed by atoms with Crippen LogP contribution in [0.1, 0.15) is 11.1 Å². The van der Waals surface area contributed by atoms with Crippen molar-refractivity contribution in [3.05, 3.63) is 41.6 Å². The van der Waals surface area contributed by atoms with Gasteiger partial charge in [-0.25, -0.2) is 4.79 Å². The van der Waals surface area contributed by atoms with E-state index in [-0.39, 0.29) is 6.03 Å². The zero-order chi connectivity index (χ0) is 13.1. The van der Waals surface area contributed by atoms with Crippen molar-refractivity contribution in [2.45, 2.75) is 13.8 Å². The Kier molecular flexibility index (Phi) is 3.32. The Labute approximate surface area is 106 Å². The van der Waals surface area contributed by atoms with Gasteiger partial charge in [0.25, 0.3) is 0 Å². The van der Waals surface area contributed by atoms with Gasteiger partial charge < -0.3 is 5.32 Å². The number of carbonyl (C=O) groups excluding carboxylic acids is 1. The van der Waals surface area contributed by atoms with Crippen molar-refractivity contribution in [3.63, 3.8) is 0 Å². The van der Waals surface area contributed by atoms with E-state index in [4.69, 9.17) is 0 Å². The number of aryl methyl sites for hydroxylation is 3. The van der Waals surface area contributed by atoms with Gasteiger partial charge in [0.15, 0.2) is 0 Å². The predicted octanol–water partition coefficient (Wildman–Crippen LogP) is 2.68. The van der Waals surface area contributed by atoms with Gasteiger partial charge in [-0.3, -0.25) is 10.00 Å². The first-order chi connectivity index (χ1) is 8.56. The van der Waals surface area contributed by atoms with Crippen molar-refractivity contribution >= 4 is 17.5 Å². The second-order valence-corrected chi connectivity index (χ2v) is 4.22. The lowest BCUT2D eigenvalue weighted by molar-refractivity contribution is 0.262. The summed E-state index contributed by atoms with van der Waals surface area (Å²) in [6.45, 7) is 4.05. The molecule has 0 unspecified atom stereocenters. The first-order valence-corrected chi connectivity index (χ1v) is 5.69. The van der Waals surface area contributed by atoms with E-state index in [2.05, 4.69) is 15.7 Å². The molecule has 0 radical (unpaired) electrons. The molecule has 0 spiro atoms. The molecule has 1 aromatic carbocycles. The molecule has 0 saturated carbocycles. The number of hydrogen-bond donors (Lipinski definition) is 2. The number of carbonyl (C=O) groups is 1. The highest BCUT2D eigenvalue weighted by atomic mass is 16.2. The van der Waals surface area contributed by atoms with E-state index in [1.54, 1.807) is 24.0 Å². The molecule has 2 rings (SSSR count). The summed E-state index contributed by atoms with van der Waals surface area (Å²) in [5, 5.41) is 9.48. The molecule has 2 aromatic rings. The molecule has 18 heavy (non-hydrogen) atoms. The fraction of sp³-hybridized carbons (Fsp3) is 0.231. The van der Waals surface area contributed by atoms with Crippen LogP contribution < -0.4 is 10.6 Å². The first kappa shape index (κ1) is 12.2. The number of aromatic nitrogens is 2. The molecule has 0 aliphatic carbocycles. The Bertz CT molecular complexity index is 574. The summed E-state index contributed by atoms with van der Waals surface area (Å²) >= 11 is 0. The van der Waals surface area contributed by atoms with Crippen LogP contribution in [0.15, 0.2) is 30.5 Å². The van der Waals surface area contributed by atoms with Crippen LogP contribution in [0, 0.1) is 13.8 Å². The molecule has 0 fully saturated rings. The molecule has 1 aromatic heterocycles. The lowest BCUT2D eigenvalue weighted by Crippen LogP contribution is -2.21. The van der Waals surface area contributed by atoms with E-state index in [1.807, 2.05) is 32.0 Å². The second kappa shape index (κ2) is 4.91. The van der Waals surface area contributed by atoms with Crippen molar-refractivity contribution in [2.75, 3.05) is 10.6 Å². The Balaban J connectivity index is 2.03. The summed E-state index contributed by atoms with van der Waals surface area (Å²) in [6.07, 6.45) is 1.63. The molecular weight excluding hydrogens is 228 g/mol. The summed E-state index contributed by atoms with van der Waals surface area (Å²) < 4.78 is 1.60. The number of anilines is 2. The van der Waals surface area contributed by atoms with Crippen molar-refractivity contribution in [3.8, 4) is 0 Å². The second-order valence-electron chi connectivity index (χ2n) is 4.22. The maximum absolute atomic E-state index is 11.8. The average molecular weight is 244 g/mol. The van der Waals surface area contributed by atoms with Crippen molar-refractivity contribution in [2.24, 2.45) is 7.05 Å². The van der Waals surface area contributed by atoms with Gasteiger partial charge in [0.05, 0.1) is 6.20 Å². The van der Waals surface area contributed by atoms with Crippen LogP contribution in [0.4, 0.5) is 16.3 Å². The number of urea groups is 1. The third-order valence-corrected chi connectivity index (χ3v) is 2.83. The number of nitrogens with one attached hydrogen (secondary N) is 2. The van der Waals surface area contributed by atoms with Crippen LogP contribution in [0.3, 0.4) is 0 Å². The van der Waals surface area contributed by atoms with Crippen LogP contribution in [0.25, 0.3) is 0 Å². The molecule has 5 heteroatoms. The van der Waals surface area contributed by atoms with Crippen LogP contribution in [-0.4, -0.2) is 15.8 Å². The summed E-state index contributed by atoms with van der Waals surface area (Å²) in [5.74, 6) is 0.649. The Hall–Kier alpha value is -2.30. The van der Waals surface area contributed by atoms with Crippen LogP contribution in [-0.2, 0) is 7.05 Å². The molecule has 0 aliphatic heterocycles. The average Bonchev–Trinajstić information content (AvgIpc) is 2.70. The van der Waals surface area contributed by atoms with Crippen LogP contribution >= 0.6 is 0 Å². The van der Waals surface area contributed by atoms with E-state index in [0.29, 0.717) is 5.82 Å². The minimum atomic E-state index is -0.276. The predicted molar refractivity (Wildman–Crippen MR) is 71.8 cm³/mol. The lowest BCUT2D eigenvalue weighted by atomic mass is 10.1. The molecule has 2 amide bonds. The van der Waals surface area contributed by atoms with E-state index in [0.717, 1.165) is 11.3 Å². The van der Waals surface area contributed by atoms with Crippen molar-refractivity contribution in [1.29, 1.82) is 0 Å². The summed E-state index contributed by atoms with van der Waals surface area (Å²) in [4.78, 5) is 11.8. The first-order valence-electron chi connectivity index (χ1n) is 5.69. The highest BCUT2D eigenvalue weighted by molar-refractivity contribution is 5.99. The number of nitrogens with zero attached hydrogens (tertiary/aromatic N) is 2. The van der Waals surface area contributed by atoms with Gasteiger partial charge in [-0.05, 0) is 37.1 Å². The number of amides is 2. The molecule has 0 saturated heterocycles. The molecule has 0 bridgehead atoms. The third-order valence-electron chi connectivity index (χ3n) is 2.83. The van der Waals surface area contributed by atoms with Crippen molar-refractivity contribution < 1.29 is 4.79 Å². The van der Waals surface area contributed by atoms with Gasteiger partial charge in [-0.2, -0.15) is 5.10 Å². The van der Waals surface area contributed by atoms with E-state index in [1.165, 1.54) is 5.56 Å². The van der Waals surface area contributed by atoms with Crippen LogP contribution in [0.2, 0.25) is 0 Å². The highest BCUT2D eigenvalue weighted by Crippen LogP contribution is 2.14. The standard InChI is InChI=1S/C13H16N4O/c1-9-4-5-11(8-10(9)2)15-13(18)16-12-6-7-14-17(12)3/h4-8H,1-3H3,(H2,15,16,18). The van der Waals surface area contributed by atoms with Gasteiger partial charge in [0.2, 0.25) is 0 Å².